The number of hydrogen-bond acceptors (Lipinski definition) is 4. The number of nitrogens with one attached hydrogen (secondary N) is 1. The molecule has 0 aliphatic carbocycles. The molecule has 3 rings (SSSR count). The molecular formula is C17H15BrClN3O3. The van der Waals surface area contributed by atoms with Gasteiger partial charge in [-0.1, -0.05) is 17.7 Å². The van der Waals surface area contributed by atoms with Gasteiger partial charge < -0.3 is 10.1 Å². The van der Waals surface area contributed by atoms with Gasteiger partial charge in [-0.25, -0.2) is 4.79 Å². The number of carbonyl (C=O) groups excluding carboxylic acids is 2. The average molecular weight is 425 g/mol. The van der Waals surface area contributed by atoms with Crippen molar-refractivity contribution in [2.45, 2.75) is 12.5 Å². The van der Waals surface area contributed by atoms with Crippen molar-refractivity contribution in [1.82, 2.24) is 15.2 Å². The number of imide groups is 1. The first kappa shape index (κ1) is 17.7. The van der Waals surface area contributed by atoms with E-state index in [2.05, 4.69) is 26.2 Å². The fraction of sp³-hybridized carbons (Fsp3) is 0.235. The summed E-state index contributed by atoms with van der Waals surface area (Å²) in [6.07, 6.45) is 1.59. The highest BCUT2D eigenvalue weighted by Gasteiger charge is 2.49. The predicted molar refractivity (Wildman–Crippen MR) is 96.5 cm³/mol. The lowest BCUT2D eigenvalue weighted by molar-refractivity contribution is -0.131. The second-order valence-electron chi connectivity index (χ2n) is 5.65. The van der Waals surface area contributed by atoms with Gasteiger partial charge in [0, 0.05) is 11.2 Å². The van der Waals surface area contributed by atoms with Gasteiger partial charge in [-0.05, 0) is 53.2 Å². The maximum Gasteiger partial charge on any atom is 0.325 e. The van der Waals surface area contributed by atoms with Gasteiger partial charge in [0.05, 0.1) is 16.7 Å². The molecule has 8 heteroatoms. The zero-order chi connectivity index (χ0) is 18.0. The molecule has 6 nitrogen and oxygen atoms in total. The highest BCUT2D eigenvalue weighted by molar-refractivity contribution is 9.10. The maximum absolute atomic E-state index is 12.7. The van der Waals surface area contributed by atoms with Crippen LogP contribution in [0.2, 0.25) is 5.02 Å². The summed E-state index contributed by atoms with van der Waals surface area (Å²) in [7, 11) is 0. The van der Waals surface area contributed by atoms with E-state index in [4.69, 9.17) is 16.3 Å². The van der Waals surface area contributed by atoms with Crippen LogP contribution >= 0.6 is 27.5 Å². The maximum atomic E-state index is 12.7. The summed E-state index contributed by atoms with van der Waals surface area (Å²) in [4.78, 5) is 30.2. The first-order valence-electron chi connectivity index (χ1n) is 7.55. The van der Waals surface area contributed by atoms with Crippen molar-refractivity contribution in [1.29, 1.82) is 0 Å². The molecule has 1 aliphatic heterocycles. The summed E-state index contributed by atoms with van der Waals surface area (Å²) in [5.74, 6) is 0.235. The van der Waals surface area contributed by atoms with Gasteiger partial charge in [0.1, 0.15) is 12.4 Å². The Labute approximate surface area is 158 Å². The molecule has 1 N–H and O–H groups in total. The van der Waals surface area contributed by atoms with Crippen LogP contribution in [0.5, 0.6) is 5.75 Å². The van der Waals surface area contributed by atoms with E-state index in [1.165, 1.54) is 0 Å². The molecule has 25 heavy (non-hydrogen) atoms. The van der Waals surface area contributed by atoms with Gasteiger partial charge in [-0.15, -0.1) is 0 Å². The normalized spacial score (nSPS) is 19.9. The van der Waals surface area contributed by atoms with Gasteiger partial charge in [0.2, 0.25) is 0 Å². The lowest BCUT2D eigenvalue weighted by atomic mass is 9.97. The number of nitrogens with zero attached hydrogens (tertiary/aromatic N) is 2. The van der Waals surface area contributed by atoms with Crippen LogP contribution in [-0.2, 0) is 10.3 Å². The number of urea groups is 1. The van der Waals surface area contributed by atoms with E-state index in [-0.39, 0.29) is 19.1 Å². The number of hydrogen-bond donors (Lipinski definition) is 1. The molecule has 1 aliphatic rings. The second kappa shape index (κ2) is 7.01. The van der Waals surface area contributed by atoms with E-state index < -0.39 is 11.6 Å². The van der Waals surface area contributed by atoms with Crippen LogP contribution in [0.25, 0.3) is 0 Å². The molecule has 2 heterocycles. The van der Waals surface area contributed by atoms with Gasteiger partial charge in [0.25, 0.3) is 5.91 Å². The van der Waals surface area contributed by atoms with Crippen molar-refractivity contribution in [3.63, 3.8) is 0 Å². The Hall–Kier alpha value is -2.12. The Morgan fingerprint density at radius 1 is 1.32 bits per heavy atom. The number of benzene rings is 1. The van der Waals surface area contributed by atoms with Crippen LogP contribution in [0.4, 0.5) is 4.79 Å². The third-order valence-electron chi connectivity index (χ3n) is 3.92. The monoisotopic (exact) mass is 423 g/mol. The fourth-order valence-electron chi connectivity index (χ4n) is 2.57. The van der Waals surface area contributed by atoms with Crippen LogP contribution in [0.1, 0.15) is 12.6 Å². The number of carbonyl (C=O) groups is 2. The van der Waals surface area contributed by atoms with E-state index in [1.54, 1.807) is 49.5 Å². The minimum Gasteiger partial charge on any atom is -0.491 e. The molecule has 1 fully saturated rings. The summed E-state index contributed by atoms with van der Waals surface area (Å²) in [6, 6.07) is 9.91. The van der Waals surface area contributed by atoms with Crippen LogP contribution < -0.4 is 10.1 Å². The molecule has 130 valence electrons. The SMILES string of the molecule is CC1(c2ccccn2)NC(=O)N(CCOc2ccc(Cl)cc2Br)C1=O. The highest BCUT2D eigenvalue weighted by atomic mass is 79.9. The van der Waals surface area contributed by atoms with Crippen LogP contribution in [0.3, 0.4) is 0 Å². The minimum absolute atomic E-state index is 0.127. The van der Waals surface area contributed by atoms with Gasteiger partial charge >= 0.3 is 6.03 Å². The lowest BCUT2D eigenvalue weighted by Crippen LogP contribution is -2.42. The standard InChI is InChI=1S/C17H15BrClN3O3/c1-17(14-4-2-3-7-20-14)15(23)22(16(24)21-17)8-9-25-13-6-5-11(19)10-12(13)18/h2-7,10H,8-9H2,1H3,(H,21,24). The number of halogens is 2. The molecule has 1 saturated heterocycles. The van der Waals surface area contributed by atoms with Gasteiger partial charge in [-0.3, -0.25) is 14.7 Å². The number of aromatic nitrogens is 1. The Kier molecular flexibility index (Phi) is 4.96. The molecular weight excluding hydrogens is 410 g/mol. The third kappa shape index (κ3) is 3.48. The van der Waals surface area contributed by atoms with E-state index >= 15 is 0 Å². The first-order chi connectivity index (χ1) is 11.9. The fourth-order valence-corrected chi connectivity index (χ4v) is 3.37. The van der Waals surface area contributed by atoms with Crippen molar-refractivity contribution in [2.75, 3.05) is 13.2 Å². The zero-order valence-corrected chi connectivity index (χ0v) is 15.7. The third-order valence-corrected chi connectivity index (χ3v) is 4.77. The quantitative estimate of drug-likeness (QED) is 0.747. The largest absolute Gasteiger partial charge is 0.491 e. The van der Waals surface area contributed by atoms with Crippen LogP contribution in [0.15, 0.2) is 47.1 Å². The van der Waals surface area contributed by atoms with Crippen molar-refractivity contribution < 1.29 is 14.3 Å². The van der Waals surface area contributed by atoms with Gasteiger partial charge in [-0.2, -0.15) is 0 Å². The Morgan fingerprint density at radius 3 is 2.80 bits per heavy atom. The van der Waals surface area contributed by atoms with Gasteiger partial charge in [0.15, 0.2) is 5.54 Å². The molecule has 0 radical (unpaired) electrons. The second-order valence-corrected chi connectivity index (χ2v) is 6.94. The van der Waals surface area contributed by atoms with E-state index in [0.29, 0.717) is 20.9 Å². The number of pyridine rings is 1. The lowest BCUT2D eigenvalue weighted by Gasteiger charge is -2.21. The molecule has 1 aromatic heterocycles. The summed E-state index contributed by atoms with van der Waals surface area (Å²) >= 11 is 9.24. The number of rotatable bonds is 5. The van der Waals surface area contributed by atoms with E-state index in [0.717, 1.165) is 4.90 Å². The molecule has 3 amide bonds. The first-order valence-corrected chi connectivity index (χ1v) is 8.72. The molecule has 1 aromatic carbocycles. The van der Waals surface area contributed by atoms with Crippen LogP contribution in [-0.4, -0.2) is 35.0 Å². The highest BCUT2D eigenvalue weighted by Crippen LogP contribution is 2.29. The molecule has 1 unspecified atom stereocenters. The summed E-state index contributed by atoms with van der Waals surface area (Å²) in [5, 5.41) is 3.29. The van der Waals surface area contributed by atoms with E-state index in [1.807, 2.05) is 0 Å². The summed E-state index contributed by atoms with van der Waals surface area (Å²) in [6.45, 7) is 1.94. The molecule has 1 atom stereocenters. The summed E-state index contributed by atoms with van der Waals surface area (Å²) < 4.78 is 6.33. The van der Waals surface area contributed by atoms with Crippen molar-refractivity contribution in [3.05, 3.63) is 57.8 Å². The molecule has 2 aromatic rings. The number of amides is 3. The average Bonchev–Trinajstić information content (AvgIpc) is 2.81. The minimum atomic E-state index is -1.17. The van der Waals surface area contributed by atoms with Crippen LogP contribution in [0, 0.1) is 0 Å². The molecule has 0 spiro atoms. The smallest absolute Gasteiger partial charge is 0.325 e. The van der Waals surface area contributed by atoms with Crippen molar-refractivity contribution >= 4 is 39.5 Å². The Bertz CT molecular complexity index is 818. The zero-order valence-electron chi connectivity index (χ0n) is 13.3. The van der Waals surface area contributed by atoms with E-state index in [9.17, 15) is 9.59 Å². The Morgan fingerprint density at radius 2 is 2.12 bits per heavy atom. The molecule has 0 bridgehead atoms. The summed E-state index contributed by atoms with van der Waals surface area (Å²) in [5.41, 5.74) is -0.670. The topological polar surface area (TPSA) is 71.5 Å². The Balaban J connectivity index is 1.67. The predicted octanol–water partition coefficient (Wildman–Crippen LogP) is 3.34. The van der Waals surface area contributed by atoms with Crippen molar-refractivity contribution in [3.8, 4) is 5.75 Å². The van der Waals surface area contributed by atoms with Crippen molar-refractivity contribution in [2.24, 2.45) is 0 Å². The number of ether oxygens (including phenoxy) is 1. The molecule has 0 saturated carbocycles.